The van der Waals surface area contributed by atoms with Crippen molar-refractivity contribution in [1.29, 1.82) is 0 Å². The molecule has 1 aromatic rings. The standard InChI is InChI=1S/C9H14N2/c1-3-4-5-9-6-7-10-8(2)11-9/h6-7H,3-5H2,1-2H3. The molecule has 2 nitrogen and oxygen atoms in total. The van der Waals surface area contributed by atoms with Crippen molar-refractivity contribution in [3.63, 3.8) is 0 Å². The van der Waals surface area contributed by atoms with Crippen LogP contribution in [-0.2, 0) is 6.42 Å². The second-order valence-corrected chi connectivity index (χ2v) is 2.70. The van der Waals surface area contributed by atoms with Gasteiger partial charge in [-0.2, -0.15) is 0 Å². The maximum atomic E-state index is 4.30. The van der Waals surface area contributed by atoms with Gasteiger partial charge in [-0.1, -0.05) is 13.3 Å². The molecule has 0 spiro atoms. The highest BCUT2D eigenvalue weighted by atomic mass is 14.9. The van der Waals surface area contributed by atoms with Crippen molar-refractivity contribution >= 4 is 0 Å². The highest BCUT2D eigenvalue weighted by Crippen LogP contribution is 2.00. The molecule has 0 unspecified atom stereocenters. The number of aryl methyl sites for hydroxylation is 2. The third kappa shape index (κ3) is 2.66. The van der Waals surface area contributed by atoms with Crippen LogP contribution in [0, 0.1) is 6.92 Å². The Bertz CT molecular complexity index is 221. The highest BCUT2D eigenvalue weighted by Gasteiger charge is 1.93. The van der Waals surface area contributed by atoms with Crippen LogP contribution in [0.25, 0.3) is 0 Å². The zero-order chi connectivity index (χ0) is 8.10. The molecule has 0 bridgehead atoms. The van der Waals surface area contributed by atoms with Gasteiger partial charge < -0.3 is 0 Å². The van der Waals surface area contributed by atoms with Gasteiger partial charge in [0.2, 0.25) is 0 Å². The van der Waals surface area contributed by atoms with Crippen LogP contribution in [-0.4, -0.2) is 9.97 Å². The van der Waals surface area contributed by atoms with E-state index in [-0.39, 0.29) is 0 Å². The smallest absolute Gasteiger partial charge is 0.125 e. The molecule has 1 rings (SSSR count). The molecule has 1 aromatic heterocycles. The van der Waals surface area contributed by atoms with Gasteiger partial charge in [0, 0.05) is 11.9 Å². The molecule has 0 aromatic carbocycles. The summed E-state index contributed by atoms with van der Waals surface area (Å²) in [5.74, 6) is 0.874. The van der Waals surface area contributed by atoms with Crippen LogP contribution < -0.4 is 0 Å². The summed E-state index contributed by atoms with van der Waals surface area (Å²) in [5, 5.41) is 0. The summed E-state index contributed by atoms with van der Waals surface area (Å²) in [5.41, 5.74) is 1.17. The molecule has 0 fully saturated rings. The molecule has 2 heteroatoms. The van der Waals surface area contributed by atoms with E-state index in [0.29, 0.717) is 0 Å². The summed E-state index contributed by atoms with van der Waals surface area (Å²) in [6, 6.07) is 1.99. The van der Waals surface area contributed by atoms with Crippen molar-refractivity contribution < 1.29 is 0 Å². The van der Waals surface area contributed by atoms with E-state index in [1.54, 1.807) is 0 Å². The van der Waals surface area contributed by atoms with Crippen molar-refractivity contribution in [1.82, 2.24) is 9.97 Å². The number of aromatic nitrogens is 2. The minimum Gasteiger partial charge on any atom is -0.242 e. The fourth-order valence-corrected chi connectivity index (χ4v) is 1.00. The Morgan fingerprint density at radius 2 is 2.27 bits per heavy atom. The van der Waals surface area contributed by atoms with Crippen molar-refractivity contribution in [2.24, 2.45) is 0 Å². The molecule has 0 aliphatic heterocycles. The lowest BCUT2D eigenvalue weighted by atomic mass is 10.2. The lowest BCUT2D eigenvalue weighted by Gasteiger charge is -1.98. The summed E-state index contributed by atoms with van der Waals surface area (Å²) in [7, 11) is 0. The number of unbranched alkanes of at least 4 members (excludes halogenated alkanes) is 1. The first-order chi connectivity index (χ1) is 5.33. The maximum absolute atomic E-state index is 4.30. The van der Waals surface area contributed by atoms with E-state index in [1.807, 2.05) is 19.2 Å². The highest BCUT2D eigenvalue weighted by molar-refractivity contribution is 5.01. The third-order valence-corrected chi connectivity index (χ3v) is 1.62. The summed E-state index contributed by atoms with van der Waals surface area (Å²) in [6.45, 7) is 4.11. The van der Waals surface area contributed by atoms with Gasteiger partial charge in [0.15, 0.2) is 0 Å². The fourth-order valence-electron chi connectivity index (χ4n) is 1.00. The Morgan fingerprint density at radius 1 is 1.45 bits per heavy atom. The predicted molar refractivity (Wildman–Crippen MR) is 45.4 cm³/mol. The topological polar surface area (TPSA) is 25.8 Å². The fraction of sp³-hybridized carbons (Fsp3) is 0.556. The summed E-state index contributed by atoms with van der Waals surface area (Å²) >= 11 is 0. The lowest BCUT2D eigenvalue weighted by molar-refractivity contribution is 0.768. The average Bonchev–Trinajstić information content (AvgIpc) is 2.01. The summed E-state index contributed by atoms with van der Waals surface area (Å²) in [4.78, 5) is 8.34. The third-order valence-electron chi connectivity index (χ3n) is 1.62. The van der Waals surface area contributed by atoms with E-state index in [9.17, 15) is 0 Å². The van der Waals surface area contributed by atoms with E-state index in [2.05, 4.69) is 16.9 Å². The van der Waals surface area contributed by atoms with Gasteiger partial charge in [0.05, 0.1) is 0 Å². The molecular formula is C9H14N2. The van der Waals surface area contributed by atoms with E-state index in [4.69, 9.17) is 0 Å². The zero-order valence-electron chi connectivity index (χ0n) is 7.17. The van der Waals surface area contributed by atoms with Crippen LogP contribution in [0.15, 0.2) is 12.3 Å². The van der Waals surface area contributed by atoms with Gasteiger partial charge >= 0.3 is 0 Å². The van der Waals surface area contributed by atoms with Crippen molar-refractivity contribution in [3.05, 3.63) is 23.8 Å². The van der Waals surface area contributed by atoms with Crippen molar-refractivity contribution in [2.45, 2.75) is 33.1 Å². The van der Waals surface area contributed by atoms with E-state index in [0.717, 1.165) is 12.2 Å². The van der Waals surface area contributed by atoms with Crippen LogP contribution in [0.2, 0.25) is 0 Å². The number of nitrogens with zero attached hydrogens (tertiary/aromatic N) is 2. The number of hydrogen-bond donors (Lipinski definition) is 0. The molecule has 0 aliphatic rings. The van der Waals surface area contributed by atoms with Gasteiger partial charge in [0.1, 0.15) is 5.82 Å². The first-order valence-corrected chi connectivity index (χ1v) is 4.11. The Hall–Kier alpha value is -0.920. The molecule has 0 aliphatic carbocycles. The Morgan fingerprint density at radius 3 is 2.91 bits per heavy atom. The van der Waals surface area contributed by atoms with Crippen molar-refractivity contribution in [3.8, 4) is 0 Å². The lowest BCUT2D eigenvalue weighted by Crippen LogP contribution is -1.93. The second-order valence-electron chi connectivity index (χ2n) is 2.70. The Balaban J connectivity index is 2.56. The largest absolute Gasteiger partial charge is 0.242 e. The molecule has 0 saturated heterocycles. The second kappa shape index (κ2) is 4.06. The molecule has 1 heterocycles. The van der Waals surface area contributed by atoms with Crippen LogP contribution in [0.5, 0.6) is 0 Å². The molecular weight excluding hydrogens is 136 g/mol. The molecule has 60 valence electrons. The van der Waals surface area contributed by atoms with E-state index < -0.39 is 0 Å². The quantitative estimate of drug-likeness (QED) is 0.659. The summed E-state index contributed by atoms with van der Waals surface area (Å²) in [6.07, 6.45) is 5.35. The zero-order valence-corrected chi connectivity index (χ0v) is 7.17. The molecule has 0 radical (unpaired) electrons. The van der Waals surface area contributed by atoms with Gasteiger partial charge in [-0.05, 0) is 25.8 Å². The minimum atomic E-state index is 0.874. The molecule has 0 N–H and O–H groups in total. The van der Waals surface area contributed by atoms with Gasteiger partial charge in [-0.15, -0.1) is 0 Å². The molecule has 11 heavy (non-hydrogen) atoms. The average molecular weight is 150 g/mol. The van der Waals surface area contributed by atoms with Crippen LogP contribution >= 0.6 is 0 Å². The SMILES string of the molecule is CCCCc1ccnc(C)n1. The Labute approximate surface area is 67.7 Å². The summed E-state index contributed by atoms with van der Waals surface area (Å²) < 4.78 is 0. The molecule has 0 amide bonds. The predicted octanol–water partition coefficient (Wildman–Crippen LogP) is 2.13. The number of rotatable bonds is 3. The van der Waals surface area contributed by atoms with Crippen LogP contribution in [0.3, 0.4) is 0 Å². The van der Waals surface area contributed by atoms with Gasteiger partial charge in [-0.25, -0.2) is 9.97 Å². The van der Waals surface area contributed by atoms with Gasteiger partial charge in [0.25, 0.3) is 0 Å². The van der Waals surface area contributed by atoms with E-state index in [1.165, 1.54) is 18.5 Å². The maximum Gasteiger partial charge on any atom is 0.125 e. The molecule has 0 atom stereocenters. The molecule has 0 saturated carbocycles. The first-order valence-electron chi connectivity index (χ1n) is 4.11. The monoisotopic (exact) mass is 150 g/mol. The first kappa shape index (κ1) is 8.18. The van der Waals surface area contributed by atoms with Crippen LogP contribution in [0.4, 0.5) is 0 Å². The Kier molecular flexibility index (Phi) is 3.02. The van der Waals surface area contributed by atoms with Gasteiger partial charge in [-0.3, -0.25) is 0 Å². The number of hydrogen-bond acceptors (Lipinski definition) is 2. The minimum absolute atomic E-state index is 0.874. The van der Waals surface area contributed by atoms with Crippen molar-refractivity contribution in [2.75, 3.05) is 0 Å². The van der Waals surface area contributed by atoms with E-state index >= 15 is 0 Å². The normalized spacial score (nSPS) is 10.0. The van der Waals surface area contributed by atoms with Crippen LogP contribution in [0.1, 0.15) is 31.3 Å².